The molecule has 2 heterocycles. The molecule has 1 aliphatic rings. The highest BCUT2D eigenvalue weighted by Gasteiger charge is 2.20. The molecule has 39 heavy (non-hydrogen) atoms. The molecule has 1 aliphatic heterocycles. The van der Waals surface area contributed by atoms with E-state index in [9.17, 15) is 4.79 Å². The Morgan fingerprint density at radius 3 is 2.44 bits per heavy atom. The maximum Gasteiger partial charge on any atom is 0.273 e. The molecule has 210 valence electrons. The van der Waals surface area contributed by atoms with Crippen molar-refractivity contribution < 1.29 is 14.3 Å². The van der Waals surface area contributed by atoms with Crippen LogP contribution in [0.15, 0.2) is 48.5 Å². The van der Waals surface area contributed by atoms with E-state index in [1.807, 2.05) is 41.1 Å². The summed E-state index contributed by atoms with van der Waals surface area (Å²) in [7, 11) is 3.39. The zero-order valence-electron chi connectivity index (χ0n) is 23.6. The molecule has 0 radical (unpaired) electrons. The van der Waals surface area contributed by atoms with Crippen LogP contribution in [0, 0.1) is 0 Å². The van der Waals surface area contributed by atoms with Crippen LogP contribution in [0.25, 0.3) is 0 Å². The van der Waals surface area contributed by atoms with Gasteiger partial charge in [-0.2, -0.15) is 0 Å². The van der Waals surface area contributed by atoms with Gasteiger partial charge in [0.15, 0.2) is 5.69 Å². The zero-order chi connectivity index (χ0) is 27.5. The van der Waals surface area contributed by atoms with E-state index in [1.54, 1.807) is 14.2 Å². The molecule has 0 saturated carbocycles. The lowest BCUT2D eigenvalue weighted by Gasteiger charge is -2.36. The molecule has 0 unspecified atom stereocenters. The Balaban J connectivity index is 1.16. The highest BCUT2D eigenvalue weighted by atomic mass is 16.5. The normalized spacial score (nSPS) is 13.9. The number of hydrogen-bond acceptors (Lipinski definition) is 7. The van der Waals surface area contributed by atoms with Crippen molar-refractivity contribution in [1.82, 2.24) is 25.2 Å². The SMILES string of the molecule is CCCc1c(C(=O)NCCCCCN2CCN(c3ccccc3OC)CC2)nnn1Cc1ccc(OC)cc1. The Bertz CT molecular complexity index is 1170. The number of carbonyl (C=O) groups excluding carboxylic acids is 1. The average Bonchev–Trinajstić information content (AvgIpc) is 3.37. The molecule has 2 aromatic carbocycles. The predicted molar refractivity (Wildman–Crippen MR) is 154 cm³/mol. The average molecular weight is 535 g/mol. The van der Waals surface area contributed by atoms with Gasteiger partial charge in [-0.15, -0.1) is 5.10 Å². The first kappa shape index (κ1) is 28.4. The number of benzene rings is 2. The summed E-state index contributed by atoms with van der Waals surface area (Å²) < 4.78 is 12.6. The molecule has 0 aliphatic carbocycles. The first-order valence-corrected chi connectivity index (χ1v) is 14.1. The topological polar surface area (TPSA) is 84.8 Å². The third kappa shape index (κ3) is 7.72. The second-order valence-electron chi connectivity index (χ2n) is 9.96. The van der Waals surface area contributed by atoms with Gasteiger partial charge in [-0.3, -0.25) is 9.69 Å². The maximum absolute atomic E-state index is 12.9. The van der Waals surface area contributed by atoms with Crippen LogP contribution >= 0.6 is 0 Å². The molecule has 4 rings (SSSR count). The second-order valence-corrected chi connectivity index (χ2v) is 9.96. The monoisotopic (exact) mass is 534 g/mol. The van der Waals surface area contributed by atoms with Gasteiger partial charge in [-0.05, 0) is 55.6 Å². The number of aromatic nitrogens is 3. The Labute approximate surface area is 232 Å². The Kier molecular flexibility index (Phi) is 10.6. The number of ether oxygens (including phenoxy) is 2. The van der Waals surface area contributed by atoms with Crippen LogP contribution in [0.3, 0.4) is 0 Å². The fourth-order valence-electron chi connectivity index (χ4n) is 5.05. The smallest absolute Gasteiger partial charge is 0.273 e. The lowest BCUT2D eigenvalue weighted by atomic mass is 10.1. The van der Waals surface area contributed by atoms with Crippen LogP contribution in [0.2, 0.25) is 0 Å². The Morgan fingerprint density at radius 2 is 1.72 bits per heavy atom. The van der Waals surface area contributed by atoms with Crippen molar-refractivity contribution in [2.75, 3.05) is 58.4 Å². The summed E-state index contributed by atoms with van der Waals surface area (Å²) in [6.45, 7) is 8.55. The predicted octanol–water partition coefficient (Wildman–Crippen LogP) is 4.02. The Hall–Kier alpha value is -3.59. The quantitative estimate of drug-likeness (QED) is 0.313. The minimum absolute atomic E-state index is 0.133. The summed E-state index contributed by atoms with van der Waals surface area (Å²) in [5.74, 6) is 1.62. The van der Waals surface area contributed by atoms with Crippen molar-refractivity contribution >= 4 is 11.6 Å². The molecular formula is C30H42N6O3. The summed E-state index contributed by atoms with van der Waals surface area (Å²) in [6, 6.07) is 16.1. The highest BCUT2D eigenvalue weighted by molar-refractivity contribution is 5.93. The van der Waals surface area contributed by atoms with Crippen molar-refractivity contribution in [2.24, 2.45) is 0 Å². The van der Waals surface area contributed by atoms with Crippen molar-refractivity contribution in [3.63, 3.8) is 0 Å². The van der Waals surface area contributed by atoms with Gasteiger partial charge in [0.05, 0.1) is 32.1 Å². The number of amides is 1. The van der Waals surface area contributed by atoms with Gasteiger partial charge >= 0.3 is 0 Å². The molecule has 1 N–H and O–H groups in total. The molecule has 3 aromatic rings. The first-order chi connectivity index (χ1) is 19.1. The molecule has 0 bridgehead atoms. The minimum atomic E-state index is -0.133. The summed E-state index contributed by atoms with van der Waals surface area (Å²) >= 11 is 0. The number of nitrogens with one attached hydrogen (secondary N) is 1. The van der Waals surface area contributed by atoms with E-state index < -0.39 is 0 Å². The molecule has 0 atom stereocenters. The van der Waals surface area contributed by atoms with Crippen molar-refractivity contribution in [3.05, 3.63) is 65.5 Å². The molecule has 1 saturated heterocycles. The van der Waals surface area contributed by atoms with E-state index in [1.165, 1.54) is 5.69 Å². The van der Waals surface area contributed by atoms with Crippen LogP contribution in [0.4, 0.5) is 5.69 Å². The van der Waals surface area contributed by atoms with Gasteiger partial charge in [0.1, 0.15) is 11.5 Å². The molecule has 1 amide bonds. The highest BCUT2D eigenvalue weighted by Crippen LogP contribution is 2.28. The van der Waals surface area contributed by atoms with Gasteiger partial charge < -0.3 is 19.7 Å². The van der Waals surface area contributed by atoms with Gasteiger partial charge in [0, 0.05) is 32.7 Å². The largest absolute Gasteiger partial charge is 0.497 e. The van der Waals surface area contributed by atoms with Crippen molar-refractivity contribution in [3.8, 4) is 11.5 Å². The van der Waals surface area contributed by atoms with Gasteiger partial charge in [-0.1, -0.05) is 49.2 Å². The fraction of sp³-hybridized carbons (Fsp3) is 0.500. The molecule has 9 nitrogen and oxygen atoms in total. The molecular weight excluding hydrogens is 492 g/mol. The number of anilines is 1. The number of unbranched alkanes of at least 4 members (excludes halogenated alkanes) is 2. The molecule has 0 spiro atoms. The summed E-state index contributed by atoms with van der Waals surface area (Å²) in [6.07, 6.45) is 4.85. The minimum Gasteiger partial charge on any atom is -0.497 e. The number of nitrogens with zero attached hydrogens (tertiary/aromatic N) is 5. The van der Waals surface area contributed by atoms with Crippen molar-refractivity contribution in [1.29, 1.82) is 0 Å². The van der Waals surface area contributed by atoms with Crippen LogP contribution < -0.4 is 19.7 Å². The number of rotatable bonds is 14. The lowest BCUT2D eigenvalue weighted by molar-refractivity contribution is 0.0946. The third-order valence-electron chi connectivity index (χ3n) is 7.27. The number of piperazine rings is 1. The fourth-order valence-corrected chi connectivity index (χ4v) is 5.05. The number of para-hydroxylation sites is 2. The Morgan fingerprint density at radius 1 is 0.949 bits per heavy atom. The maximum atomic E-state index is 12.9. The van der Waals surface area contributed by atoms with Crippen LogP contribution in [-0.2, 0) is 13.0 Å². The number of hydrogen-bond donors (Lipinski definition) is 1. The standard InChI is InChI=1S/C30H42N6O3/c1-4-10-27-29(32-33-36(27)23-24-13-15-25(38-2)16-14-24)30(37)31-17-8-5-9-18-34-19-21-35(22-20-34)26-11-6-7-12-28(26)39-3/h6-7,11-16H,4-5,8-10,17-23H2,1-3H3,(H,31,37). The van der Waals surface area contributed by atoms with Crippen LogP contribution in [0.1, 0.15) is 54.4 Å². The van der Waals surface area contributed by atoms with E-state index in [2.05, 4.69) is 44.5 Å². The first-order valence-electron chi connectivity index (χ1n) is 14.1. The second kappa shape index (κ2) is 14.5. The summed E-state index contributed by atoms with van der Waals surface area (Å²) in [5.41, 5.74) is 3.60. The van der Waals surface area contributed by atoms with Crippen LogP contribution in [-0.4, -0.2) is 79.3 Å². The molecule has 1 fully saturated rings. The third-order valence-corrected chi connectivity index (χ3v) is 7.27. The van der Waals surface area contributed by atoms with E-state index in [0.29, 0.717) is 18.8 Å². The lowest BCUT2D eigenvalue weighted by Crippen LogP contribution is -2.46. The zero-order valence-corrected chi connectivity index (χ0v) is 23.6. The number of carbonyl (C=O) groups is 1. The molecule has 1 aromatic heterocycles. The van der Waals surface area contributed by atoms with Crippen molar-refractivity contribution in [2.45, 2.75) is 45.6 Å². The van der Waals surface area contributed by atoms with Gasteiger partial charge in [0.25, 0.3) is 5.91 Å². The summed E-state index contributed by atoms with van der Waals surface area (Å²) in [5, 5.41) is 11.6. The van der Waals surface area contributed by atoms with E-state index in [0.717, 1.165) is 87.6 Å². The van der Waals surface area contributed by atoms with Gasteiger partial charge in [0.2, 0.25) is 0 Å². The summed E-state index contributed by atoms with van der Waals surface area (Å²) in [4.78, 5) is 17.8. The van der Waals surface area contributed by atoms with E-state index >= 15 is 0 Å². The molecule has 9 heteroatoms. The number of methoxy groups -OCH3 is 2. The van der Waals surface area contributed by atoms with E-state index in [-0.39, 0.29) is 5.91 Å². The van der Waals surface area contributed by atoms with E-state index in [4.69, 9.17) is 9.47 Å². The van der Waals surface area contributed by atoms with Gasteiger partial charge in [-0.25, -0.2) is 4.68 Å². The van der Waals surface area contributed by atoms with Crippen LogP contribution in [0.5, 0.6) is 11.5 Å².